The maximum atomic E-state index is 13.3. The molecule has 1 aromatic carbocycles. The van der Waals surface area contributed by atoms with Gasteiger partial charge in [-0.15, -0.1) is 0 Å². The molecule has 0 bridgehead atoms. The van der Waals surface area contributed by atoms with Crippen LogP contribution in [-0.4, -0.2) is 49.7 Å². The van der Waals surface area contributed by atoms with Gasteiger partial charge in [0, 0.05) is 32.1 Å². The van der Waals surface area contributed by atoms with Gasteiger partial charge in [0.05, 0.1) is 4.90 Å². The zero-order valence-electron chi connectivity index (χ0n) is 17.0. The molecular formula is C21H32N2O3S. The Kier molecular flexibility index (Phi) is 5.69. The van der Waals surface area contributed by atoms with E-state index >= 15 is 0 Å². The van der Waals surface area contributed by atoms with Crippen LogP contribution in [0.15, 0.2) is 23.1 Å². The predicted octanol–water partition coefficient (Wildman–Crippen LogP) is 3.32. The molecule has 1 aromatic rings. The molecule has 150 valence electrons. The van der Waals surface area contributed by atoms with Crippen LogP contribution in [0, 0.1) is 12.8 Å². The number of piperidine rings is 1. The van der Waals surface area contributed by atoms with E-state index in [4.69, 9.17) is 0 Å². The van der Waals surface area contributed by atoms with Gasteiger partial charge in [0.1, 0.15) is 0 Å². The van der Waals surface area contributed by atoms with Gasteiger partial charge in [-0.1, -0.05) is 32.9 Å². The Morgan fingerprint density at radius 3 is 2.19 bits per heavy atom. The van der Waals surface area contributed by atoms with E-state index in [1.54, 1.807) is 4.31 Å². The number of aryl methyl sites for hydroxylation is 1. The van der Waals surface area contributed by atoms with Gasteiger partial charge in [-0.2, -0.15) is 4.31 Å². The van der Waals surface area contributed by atoms with E-state index in [0.29, 0.717) is 30.8 Å². The van der Waals surface area contributed by atoms with Crippen LogP contribution < -0.4 is 0 Å². The molecule has 0 radical (unpaired) electrons. The first-order valence-electron chi connectivity index (χ1n) is 10.0. The third-order valence-electron chi connectivity index (χ3n) is 5.89. The summed E-state index contributed by atoms with van der Waals surface area (Å²) in [4.78, 5) is 14.9. The predicted molar refractivity (Wildman–Crippen MR) is 107 cm³/mol. The smallest absolute Gasteiger partial charge is 0.243 e. The molecule has 0 N–H and O–H groups in total. The molecule has 5 nitrogen and oxygen atoms in total. The molecule has 0 spiro atoms. The molecule has 2 fully saturated rings. The molecule has 2 aliphatic heterocycles. The number of carbonyl (C=O) groups excluding carboxylic acids is 1. The maximum absolute atomic E-state index is 13.3. The van der Waals surface area contributed by atoms with E-state index in [1.807, 2.05) is 30.0 Å². The van der Waals surface area contributed by atoms with Crippen LogP contribution in [0.4, 0.5) is 0 Å². The van der Waals surface area contributed by atoms with Crippen LogP contribution in [0.2, 0.25) is 0 Å². The van der Waals surface area contributed by atoms with E-state index in [1.165, 1.54) is 0 Å². The van der Waals surface area contributed by atoms with Crippen molar-refractivity contribution in [3.05, 3.63) is 29.3 Å². The highest BCUT2D eigenvalue weighted by Gasteiger charge is 2.35. The fourth-order valence-corrected chi connectivity index (χ4v) is 5.74. The van der Waals surface area contributed by atoms with E-state index in [9.17, 15) is 13.2 Å². The number of benzene rings is 1. The minimum atomic E-state index is -3.54. The maximum Gasteiger partial charge on any atom is 0.243 e. The third-order valence-corrected chi connectivity index (χ3v) is 7.93. The monoisotopic (exact) mass is 392 g/mol. The summed E-state index contributed by atoms with van der Waals surface area (Å²) in [6, 6.07) is 5.73. The van der Waals surface area contributed by atoms with E-state index < -0.39 is 10.0 Å². The number of nitrogens with zero attached hydrogens (tertiary/aromatic N) is 2. The molecule has 1 amide bonds. The van der Waals surface area contributed by atoms with Crippen LogP contribution in [0.3, 0.4) is 0 Å². The fraction of sp³-hybridized carbons (Fsp3) is 0.667. The first kappa shape index (κ1) is 20.3. The lowest BCUT2D eigenvalue weighted by molar-refractivity contribution is -0.135. The molecular weight excluding hydrogens is 360 g/mol. The van der Waals surface area contributed by atoms with Crippen LogP contribution in [-0.2, 0) is 20.2 Å². The standard InChI is InChI=1S/C21H32N2O3S/c1-16-7-8-18(21(2,3)4)15-19(16)27(25,26)23-13-9-17(10-14-23)20(24)22-11-5-6-12-22/h7-8,15,17H,5-6,9-14H2,1-4H3. The second-order valence-corrected chi connectivity index (χ2v) is 10.8. The highest BCUT2D eigenvalue weighted by atomic mass is 32.2. The molecule has 27 heavy (non-hydrogen) atoms. The second-order valence-electron chi connectivity index (χ2n) is 8.94. The van der Waals surface area contributed by atoms with Gasteiger partial charge in [-0.25, -0.2) is 8.42 Å². The third kappa shape index (κ3) is 4.21. The Balaban J connectivity index is 1.74. The molecule has 0 atom stereocenters. The van der Waals surface area contributed by atoms with Gasteiger partial charge in [0.25, 0.3) is 0 Å². The second kappa shape index (κ2) is 7.55. The van der Waals surface area contributed by atoms with Gasteiger partial charge in [-0.3, -0.25) is 4.79 Å². The number of hydrogen-bond donors (Lipinski definition) is 0. The van der Waals surface area contributed by atoms with Crippen molar-refractivity contribution in [2.45, 2.75) is 63.7 Å². The topological polar surface area (TPSA) is 57.7 Å². The molecule has 6 heteroatoms. The summed E-state index contributed by atoms with van der Waals surface area (Å²) in [7, 11) is -3.54. The summed E-state index contributed by atoms with van der Waals surface area (Å²) >= 11 is 0. The Morgan fingerprint density at radius 2 is 1.63 bits per heavy atom. The van der Waals surface area contributed by atoms with Crippen molar-refractivity contribution < 1.29 is 13.2 Å². The van der Waals surface area contributed by atoms with Crippen LogP contribution in [0.1, 0.15) is 57.6 Å². The Bertz CT molecular complexity index is 797. The summed E-state index contributed by atoms with van der Waals surface area (Å²) in [6.07, 6.45) is 3.41. The van der Waals surface area contributed by atoms with Crippen LogP contribution in [0.25, 0.3) is 0 Å². The number of sulfonamides is 1. The first-order valence-corrected chi connectivity index (χ1v) is 11.4. The van der Waals surface area contributed by atoms with Crippen LogP contribution >= 0.6 is 0 Å². The Labute approximate surface area is 163 Å². The molecule has 3 rings (SSSR count). The lowest BCUT2D eigenvalue weighted by Gasteiger charge is -2.33. The summed E-state index contributed by atoms with van der Waals surface area (Å²) < 4.78 is 28.1. The molecule has 0 unspecified atom stereocenters. The zero-order chi connectivity index (χ0) is 19.8. The lowest BCUT2D eigenvalue weighted by atomic mass is 9.87. The highest BCUT2D eigenvalue weighted by Crippen LogP contribution is 2.31. The summed E-state index contributed by atoms with van der Waals surface area (Å²) in [5, 5.41) is 0. The zero-order valence-corrected chi connectivity index (χ0v) is 17.8. The first-order chi connectivity index (χ1) is 12.6. The van der Waals surface area contributed by atoms with Gasteiger partial charge >= 0.3 is 0 Å². The average molecular weight is 393 g/mol. The number of hydrogen-bond acceptors (Lipinski definition) is 3. The van der Waals surface area contributed by atoms with E-state index in [-0.39, 0.29) is 17.2 Å². The van der Waals surface area contributed by atoms with Gasteiger partial charge in [0.15, 0.2) is 0 Å². The minimum Gasteiger partial charge on any atom is -0.342 e. The summed E-state index contributed by atoms with van der Waals surface area (Å²) in [5.41, 5.74) is 1.69. The molecule has 0 saturated carbocycles. The van der Waals surface area contributed by atoms with Crippen molar-refractivity contribution in [3.8, 4) is 0 Å². The van der Waals surface area contributed by atoms with E-state index in [0.717, 1.165) is 37.1 Å². The highest BCUT2D eigenvalue weighted by molar-refractivity contribution is 7.89. The number of amides is 1. The fourth-order valence-electron chi connectivity index (χ4n) is 4.02. The quantitative estimate of drug-likeness (QED) is 0.793. The van der Waals surface area contributed by atoms with Crippen LogP contribution in [0.5, 0.6) is 0 Å². The number of carbonyl (C=O) groups is 1. The normalized spacial score (nSPS) is 20.2. The molecule has 2 heterocycles. The number of rotatable bonds is 3. The Hall–Kier alpha value is -1.40. The minimum absolute atomic E-state index is 0.0310. The summed E-state index contributed by atoms with van der Waals surface area (Å²) in [5.74, 6) is 0.187. The average Bonchev–Trinajstić information content (AvgIpc) is 3.15. The lowest BCUT2D eigenvalue weighted by Crippen LogP contribution is -2.43. The van der Waals surface area contributed by atoms with Crippen molar-refractivity contribution in [3.63, 3.8) is 0 Å². The van der Waals surface area contributed by atoms with Crippen molar-refractivity contribution >= 4 is 15.9 Å². The van der Waals surface area contributed by atoms with Crippen molar-refractivity contribution in [1.82, 2.24) is 9.21 Å². The van der Waals surface area contributed by atoms with Gasteiger partial charge < -0.3 is 4.90 Å². The van der Waals surface area contributed by atoms with Crippen molar-refractivity contribution in [2.75, 3.05) is 26.2 Å². The molecule has 0 aromatic heterocycles. The largest absolute Gasteiger partial charge is 0.342 e. The van der Waals surface area contributed by atoms with Gasteiger partial charge in [-0.05, 0) is 55.2 Å². The van der Waals surface area contributed by atoms with Crippen molar-refractivity contribution in [1.29, 1.82) is 0 Å². The number of likely N-dealkylation sites (tertiary alicyclic amines) is 1. The SMILES string of the molecule is Cc1ccc(C(C)(C)C)cc1S(=O)(=O)N1CCC(C(=O)N2CCCC2)CC1. The van der Waals surface area contributed by atoms with E-state index in [2.05, 4.69) is 20.8 Å². The summed E-state index contributed by atoms with van der Waals surface area (Å²) in [6.45, 7) is 10.7. The van der Waals surface area contributed by atoms with Gasteiger partial charge in [0.2, 0.25) is 15.9 Å². The molecule has 2 saturated heterocycles. The Morgan fingerprint density at radius 1 is 1.04 bits per heavy atom. The molecule has 0 aliphatic carbocycles. The van der Waals surface area contributed by atoms with Crippen molar-refractivity contribution in [2.24, 2.45) is 5.92 Å². The molecule has 2 aliphatic rings.